The number of nitrogens with one attached hydrogen (secondary N) is 1. The van der Waals surface area contributed by atoms with E-state index in [2.05, 4.69) is 16.4 Å². The average Bonchev–Trinajstić information content (AvgIpc) is 2.59. The van der Waals surface area contributed by atoms with Crippen LogP contribution in [0.4, 0.5) is 4.79 Å². The highest BCUT2D eigenvalue weighted by Crippen LogP contribution is 2.21. The van der Waals surface area contributed by atoms with E-state index < -0.39 is 0 Å². The van der Waals surface area contributed by atoms with Crippen molar-refractivity contribution in [3.63, 3.8) is 0 Å². The summed E-state index contributed by atoms with van der Waals surface area (Å²) < 4.78 is 5.85. The molecular weight excluding hydrogens is 314 g/mol. The molecule has 25 heavy (non-hydrogen) atoms. The fourth-order valence-corrected chi connectivity index (χ4v) is 3.27. The van der Waals surface area contributed by atoms with E-state index in [0.29, 0.717) is 19.6 Å². The van der Waals surface area contributed by atoms with E-state index in [1.807, 2.05) is 62.1 Å². The fourth-order valence-electron chi connectivity index (χ4n) is 3.27. The molecule has 132 valence electrons. The Hall–Kier alpha value is -2.40. The molecule has 0 spiro atoms. The number of carbonyl (C=O) groups is 1. The van der Waals surface area contributed by atoms with Crippen LogP contribution in [0.25, 0.3) is 11.3 Å². The second kappa shape index (κ2) is 7.23. The second-order valence-corrected chi connectivity index (χ2v) is 7.14. The Kier molecular flexibility index (Phi) is 5.04. The van der Waals surface area contributed by atoms with Crippen LogP contribution in [0.5, 0.6) is 0 Å². The Bertz CT molecular complexity index is 731. The third-order valence-corrected chi connectivity index (χ3v) is 4.19. The summed E-state index contributed by atoms with van der Waals surface area (Å²) in [5, 5.41) is 3.02. The topological polar surface area (TPSA) is 54.5 Å². The van der Waals surface area contributed by atoms with E-state index >= 15 is 0 Å². The molecule has 0 aliphatic carbocycles. The molecule has 5 nitrogen and oxygen atoms in total. The quantitative estimate of drug-likeness (QED) is 0.932. The molecule has 2 aromatic rings. The molecule has 1 aliphatic rings. The minimum absolute atomic E-state index is 0.0435. The molecule has 3 rings (SSSR count). The molecule has 1 fully saturated rings. The van der Waals surface area contributed by atoms with Crippen LogP contribution >= 0.6 is 0 Å². The Morgan fingerprint density at radius 2 is 2.16 bits per heavy atom. The van der Waals surface area contributed by atoms with Gasteiger partial charge in [0.2, 0.25) is 0 Å². The van der Waals surface area contributed by atoms with Crippen LogP contribution in [-0.4, -0.2) is 40.7 Å². The van der Waals surface area contributed by atoms with Crippen molar-refractivity contribution >= 4 is 6.03 Å². The zero-order valence-corrected chi connectivity index (χ0v) is 15.0. The highest BCUT2D eigenvalue weighted by molar-refractivity contribution is 5.74. The van der Waals surface area contributed by atoms with Crippen molar-refractivity contribution < 1.29 is 9.53 Å². The molecule has 1 N–H and O–H groups in total. The Balaban J connectivity index is 1.63. The molecule has 1 saturated heterocycles. The fraction of sp³-hybridized carbons (Fsp3) is 0.400. The number of urea groups is 1. The highest BCUT2D eigenvalue weighted by atomic mass is 16.5. The standard InChI is InChI=1S/C20H25N3O2/c1-15-13-23(14-20(2,3)25-15)19(24)22-12-16-7-6-8-17(11-16)18-9-4-5-10-21-18/h4-11,15H,12-14H2,1-3H3,(H,22,24). The van der Waals surface area contributed by atoms with Crippen molar-refractivity contribution in [1.29, 1.82) is 0 Å². The zero-order valence-electron chi connectivity index (χ0n) is 15.0. The molecule has 2 amide bonds. The molecule has 0 saturated carbocycles. The molecule has 5 heteroatoms. The third-order valence-electron chi connectivity index (χ3n) is 4.19. The normalized spacial score (nSPS) is 19.5. The maximum Gasteiger partial charge on any atom is 0.317 e. The van der Waals surface area contributed by atoms with Gasteiger partial charge >= 0.3 is 6.03 Å². The maximum absolute atomic E-state index is 12.5. The monoisotopic (exact) mass is 339 g/mol. The van der Waals surface area contributed by atoms with Crippen molar-refractivity contribution in [2.75, 3.05) is 13.1 Å². The summed E-state index contributed by atoms with van der Waals surface area (Å²) in [5.41, 5.74) is 2.72. The van der Waals surface area contributed by atoms with Crippen LogP contribution in [0, 0.1) is 0 Å². The summed E-state index contributed by atoms with van der Waals surface area (Å²) in [6, 6.07) is 13.9. The van der Waals surface area contributed by atoms with Crippen molar-refractivity contribution in [2.45, 2.75) is 39.0 Å². The number of nitrogens with zero attached hydrogens (tertiary/aromatic N) is 2. The summed E-state index contributed by atoms with van der Waals surface area (Å²) in [5.74, 6) is 0. The van der Waals surface area contributed by atoms with Gasteiger partial charge in [0, 0.05) is 24.8 Å². The van der Waals surface area contributed by atoms with E-state index in [1.165, 1.54) is 0 Å². The first-order valence-electron chi connectivity index (χ1n) is 8.64. The van der Waals surface area contributed by atoms with Gasteiger partial charge in [0.05, 0.1) is 23.9 Å². The lowest BCUT2D eigenvalue weighted by atomic mass is 10.1. The van der Waals surface area contributed by atoms with Crippen LogP contribution in [0.3, 0.4) is 0 Å². The van der Waals surface area contributed by atoms with Gasteiger partial charge in [0.1, 0.15) is 0 Å². The maximum atomic E-state index is 12.5. The SMILES string of the molecule is CC1CN(C(=O)NCc2cccc(-c3ccccn3)c2)CC(C)(C)O1. The lowest BCUT2D eigenvalue weighted by Gasteiger charge is -2.41. The van der Waals surface area contributed by atoms with Crippen LogP contribution in [0.1, 0.15) is 26.3 Å². The number of morpholine rings is 1. The minimum atomic E-state index is -0.312. The van der Waals surface area contributed by atoms with Crippen molar-refractivity contribution in [2.24, 2.45) is 0 Å². The molecule has 2 heterocycles. The first kappa shape index (κ1) is 17.4. The van der Waals surface area contributed by atoms with Gasteiger partial charge in [0.25, 0.3) is 0 Å². The van der Waals surface area contributed by atoms with E-state index in [9.17, 15) is 4.79 Å². The number of pyridine rings is 1. The molecule has 1 atom stereocenters. The Labute approximate surface area is 149 Å². The summed E-state index contributed by atoms with van der Waals surface area (Å²) in [6.45, 7) is 7.72. The van der Waals surface area contributed by atoms with Gasteiger partial charge < -0.3 is 15.0 Å². The summed E-state index contributed by atoms with van der Waals surface area (Å²) in [4.78, 5) is 18.7. The van der Waals surface area contributed by atoms with Crippen molar-refractivity contribution in [1.82, 2.24) is 15.2 Å². The third kappa shape index (κ3) is 4.57. The van der Waals surface area contributed by atoms with E-state index in [4.69, 9.17) is 4.74 Å². The summed E-state index contributed by atoms with van der Waals surface area (Å²) >= 11 is 0. The van der Waals surface area contributed by atoms with Crippen LogP contribution in [0.2, 0.25) is 0 Å². The molecular formula is C20H25N3O2. The molecule has 1 aromatic carbocycles. The van der Waals surface area contributed by atoms with Gasteiger partial charge in [-0.25, -0.2) is 4.79 Å². The number of benzene rings is 1. The van der Waals surface area contributed by atoms with E-state index in [1.54, 1.807) is 6.20 Å². The summed E-state index contributed by atoms with van der Waals surface area (Å²) in [7, 11) is 0. The number of hydrogen-bond acceptors (Lipinski definition) is 3. The lowest BCUT2D eigenvalue weighted by Crippen LogP contribution is -2.56. The van der Waals surface area contributed by atoms with Gasteiger partial charge in [-0.05, 0) is 44.5 Å². The zero-order chi connectivity index (χ0) is 17.9. The van der Waals surface area contributed by atoms with Crippen molar-refractivity contribution in [3.8, 4) is 11.3 Å². The molecule has 1 aliphatic heterocycles. The van der Waals surface area contributed by atoms with Crippen LogP contribution in [-0.2, 0) is 11.3 Å². The van der Waals surface area contributed by atoms with Gasteiger partial charge in [-0.2, -0.15) is 0 Å². The lowest BCUT2D eigenvalue weighted by molar-refractivity contribution is -0.117. The number of rotatable bonds is 3. The van der Waals surface area contributed by atoms with E-state index in [0.717, 1.165) is 16.8 Å². The van der Waals surface area contributed by atoms with Gasteiger partial charge in [0.15, 0.2) is 0 Å². The number of hydrogen-bond donors (Lipinski definition) is 1. The van der Waals surface area contributed by atoms with Crippen LogP contribution < -0.4 is 5.32 Å². The molecule has 1 unspecified atom stereocenters. The van der Waals surface area contributed by atoms with Gasteiger partial charge in [-0.1, -0.05) is 24.3 Å². The highest BCUT2D eigenvalue weighted by Gasteiger charge is 2.33. The van der Waals surface area contributed by atoms with Crippen LogP contribution in [0.15, 0.2) is 48.7 Å². The molecule has 0 radical (unpaired) electrons. The molecule has 0 bridgehead atoms. The smallest absolute Gasteiger partial charge is 0.317 e. The van der Waals surface area contributed by atoms with Gasteiger partial charge in [-0.15, -0.1) is 0 Å². The summed E-state index contributed by atoms with van der Waals surface area (Å²) in [6.07, 6.45) is 1.83. The number of amides is 2. The predicted octanol–water partition coefficient (Wildman–Crippen LogP) is 3.46. The minimum Gasteiger partial charge on any atom is -0.369 e. The number of aromatic nitrogens is 1. The Morgan fingerprint density at radius 1 is 1.32 bits per heavy atom. The predicted molar refractivity (Wildman–Crippen MR) is 98.1 cm³/mol. The number of ether oxygens (including phenoxy) is 1. The second-order valence-electron chi connectivity index (χ2n) is 7.14. The first-order valence-corrected chi connectivity index (χ1v) is 8.64. The van der Waals surface area contributed by atoms with Gasteiger partial charge in [-0.3, -0.25) is 4.98 Å². The van der Waals surface area contributed by atoms with E-state index in [-0.39, 0.29) is 17.7 Å². The average molecular weight is 339 g/mol. The Morgan fingerprint density at radius 3 is 2.88 bits per heavy atom. The molecule has 1 aromatic heterocycles. The first-order chi connectivity index (χ1) is 11.9. The van der Waals surface area contributed by atoms with Crippen molar-refractivity contribution in [3.05, 3.63) is 54.2 Å². The number of carbonyl (C=O) groups excluding carboxylic acids is 1. The largest absolute Gasteiger partial charge is 0.369 e.